The van der Waals surface area contributed by atoms with Crippen LogP contribution in [0.3, 0.4) is 0 Å². The minimum Gasteiger partial charge on any atom is -0.462 e. The Morgan fingerprint density at radius 1 is 0.833 bits per heavy atom. The first-order valence-electron chi connectivity index (χ1n) is 5.53. The smallest absolute Gasteiger partial charge is 0.325 e. The van der Waals surface area contributed by atoms with E-state index in [0.29, 0.717) is 0 Å². The standard InChI is InChI=1S/C12H16N2O4/c1-7(2)17-11(15)9(5-13)10(6-14)12(16)18-8(3)4/h7-10H,1-4H3. The van der Waals surface area contributed by atoms with Crippen LogP contribution in [0, 0.1) is 34.5 Å². The fourth-order valence-electron chi connectivity index (χ4n) is 1.14. The number of esters is 2. The van der Waals surface area contributed by atoms with E-state index in [1.54, 1.807) is 39.8 Å². The van der Waals surface area contributed by atoms with Crippen LogP contribution in [0.4, 0.5) is 0 Å². The summed E-state index contributed by atoms with van der Waals surface area (Å²) in [5.41, 5.74) is 0. The van der Waals surface area contributed by atoms with Gasteiger partial charge in [0.1, 0.15) is 0 Å². The monoisotopic (exact) mass is 252 g/mol. The lowest BCUT2D eigenvalue weighted by molar-refractivity contribution is -0.160. The second kappa shape index (κ2) is 7.29. The Labute approximate surface area is 106 Å². The quantitative estimate of drug-likeness (QED) is 0.681. The average Bonchev–Trinajstić information content (AvgIpc) is 2.22. The number of carbonyl (C=O) groups excluding carboxylic acids is 2. The van der Waals surface area contributed by atoms with Gasteiger partial charge in [0.15, 0.2) is 11.8 Å². The Hall–Kier alpha value is -2.08. The highest BCUT2D eigenvalue weighted by Gasteiger charge is 2.37. The van der Waals surface area contributed by atoms with E-state index in [4.69, 9.17) is 20.0 Å². The summed E-state index contributed by atoms with van der Waals surface area (Å²) in [6.45, 7) is 6.45. The van der Waals surface area contributed by atoms with Crippen molar-refractivity contribution in [3.8, 4) is 12.1 Å². The van der Waals surface area contributed by atoms with Crippen molar-refractivity contribution >= 4 is 11.9 Å². The van der Waals surface area contributed by atoms with Gasteiger partial charge < -0.3 is 9.47 Å². The molecule has 0 amide bonds. The average molecular weight is 252 g/mol. The lowest BCUT2D eigenvalue weighted by Crippen LogP contribution is -2.33. The lowest BCUT2D eigenvalue weighted by Gasteiger charge is -2.16. The minimum atomic E-state index is -1.47. The summed E-state index contributed by atoms with van der Waals surface area (Å²) in [6.07, 6.45) is -0.845. The summed E-state index contributed by atoms with van der Waals surface area (Å²) in [5, 5.41) is 17.8. The molecular weight excluding hydrogens is 236 g/mol. The molecule has 98 valence electrons. The first-order valence-corrected chi connectivity index (χ1v) is 5.53. The van der Waals surface area contributed by atoms with Crippen LogP contribution >= 0.6 is 0 Å². The third kappa shape index (κ3) is 4.84. The molecule has 18 heavy (non-hydrogen) atoms. The van der Waals surface area contributed by atoms with Gasteiger partial charge in [0.2, 0.25) is 0 Å². The fourth-order valence-corrected chi connectivity index (χ4v) is 1.14. The Balaban J connectivity index is 4.91. The zero-order valence-corrected chi connectivity index (χ0v) is 10.8. The number of nitrogens with zero attached hydrogens (tertiary/aromatic N) is 2. The van der Waals surface area contributed by atoms with Crippen LogP contribution in [0.2, 0.25) is 0 Å². The van der Waals surface area contributed by atoms with E-state index < -0.39 is 36.0 Å². The van der Waals surface area contributed by atoms with Gasteiger partial charge in [0.05, 0.1) is 24.3 Å². The number of rotatable bonds is 5. The van der Waals surface area contributed by atoms with Gasteiger partial charge in [-0.3, -0.25) is 9.59 Å². The van der Waals surface area contributed by atoms with Crippen LogP contribution in [-0.2, 0) is 19.1 Å². The largest absolute Gasteiger partial charge is 0.462 e. The Bertz CT molecular complexity index is 352. The molecule has 0 bridgehead atoms. The molecule has 0 saturated carbocycles. The molecule has 2 atom stereocenters. The molecule has 0 radical (unpaired) electrons. The van der Waals surface area contributed by atoms with Crippen LogP contribution in [0.1, 0.15) is 27.7 Å². The van der Waals surface area contributed by atoms with E-state index in [1.165, 1.54) is 0 Å². The summed E-state index contributed by atoms with van der Waals surface area (Å²) in [6, 6.07) is 3.23. The molecular formula is C12H16N2O4. The molecule has 0 aromatic rings. The summed E-state index contributed by atoms with van der Waals surface area (Å²) >= 11 is 0. The van der Waals surface area contributed by atoms with Gasteiger partial charge in [-0.2, -0.15) is 10.5 Å². The van der Waals surface area contributed by atoms with Crippen LogP contribution in [0.15, 0.2) is 0 Å². The highest BCUT2D eigenvalue weighted by atomic mass is 16.5. The molecule has 6 heteroatoms. The van der Waals surface area contributed by atoms with Crippen molar-refractivity contribution < 1.29 is 19.1 Å². The van der Waals surface area contributed by atoms with E-state index >= 15 is 0 Å². The third-order valence-electron chi connectivity index (χ3n) is 1.82. The summed E-state index contributed by atoms with van der Waals surface area (Å²) in [7, 11) is 0. The van der Waals surface area contributed by atoms with Gasteiger partial charge in [-0.25, -0.2) is 0 Å². The maximum atomic E-state index is 11.6. The van der Waals surface area contributed by atoms with Gasteiger partial charge in [-0.05, 0) is 27.7 Å². The van der Waals surface area contributed by atoms with Crippen LogP contribution < -0.4 is 0 Å². The highest BCUT2D eigenvalue weighted by Crippen LogP contribution is 2.16. The predicted octanol–water partition coefficient (Wildman–Crippen LogP) is 1.17. The topological polar surface area (TPSA) is 100 Å². The van der Waals surface area contributed by atoms with E-state index in [9.17, 15) is 9.59 Å². The highest BCUT2D eigenvalue weighted by molar-refractivity contribution is 5.86. The van der Waals surface area contributed by atoms with Crippen LogP contribution in [0.25, 0.3) is 0 Å². The molecule has 0 aliphatic rings. The van der Waals surface area contributed by atoms with Gasteiger partial charge in [-0.15, -0.1) is 0 Å². The molecule has 0 N–H and O–H groups in total. The molecule has 6 nitrogen and oxygen atoms in total. The number of nitriles is 2. The minimum absolute atomic E-state index is 0.422. The zero-order chi connectivity index (χ0) is 14.3. The van der Waals surface area contributed by atoms with E-state index in [-0.39, 0.29) is 0 Å². The third-order valence-corrected chi connectivity index (χ3v) is 1.82. The second-order valence-corrected chi connectivity index (χ2v) is 4.18. The Morgan fingerprint density at radius 3 is 1.28 bits per heavy atom. The number of hydrogen-bond acceptors (Lipinski definition) is 6. The van der Waals surface area contributed by atoms with Crippen molar-refractivity contribution in [1.29, 1.82) is 10.5 Å². The molecule has 0 aromatic carbocycles. The van der Waals surface area contributed by atoms with Crippen molar-refractivity contribution in [2.75, 3.05) is 0 Å². The van der Waals surface area contributed by atoms with Crippen molar-refractivity contribution in [2.45, 2.75) is 39.9 Å². The Kier molecular flexibility index (Phi) is 6.44. The van der Waals surface area contributed by atoms with E-state index in [1.807, 2.05) is 0 Å². The van der Waals surface area contributed by atoms with E-state index in [2.05, 4.69) is 0 Å². The van der Waals surface area contributed by atoms with E-state index in [0.717, 1.165) is 0 Å². The van der Waals surface area contributed by atoms with Crippen molar-refractivity contribution in [2.24, 2.45) is 11.8 Å². The van der Waals surface area contributed by atoms with Crippen molar-refractivity contribution in [3.63, 3.8) is 0 Å². The maximum Gasteiger partial charge on any atom is 0.325 e. The molecule has 0 aliphatic carbocycles. The maximum absolute atomic E-state index is 11.6. The molecule has 2 unspecified atom stereocenters. The molecule has 0 rings (SSSR count). The Morgan fingerprint density at radius 2 is 1.11 bits per heavy atom. The van der Waals surface area contributed by atoms with Crippen LogP contribution in [-0.4, -0.2) is 24.1 Å². The molecule has 0 aromatic heterocycles. The van der Waals surface area contributed by atoms with Crippen molar-refractivity contribution in [1.82, 2.24) is 0 Å². The first-order chi connectivity index (χ1) is 8.33. The van der Waals surface area contributed by atoms with Gasteiger partial charge >= 0.3 is 11.9 Å². The molecule has 0 fully saturated rings. The van der Waals surface area contributed by atoms with Crippen molar-refractivity contribution in [3.05, 3.63) is 0 Å². The predicted molar refractivity (Wildman–Crippen MR) is 60.7 cm³/mol. The second-order valence-electron chi connectivity index (χ2n) is 4.18. The lowest BCUT2D eigenvalue weighted by atomic mass is 9.95. The molecule has 0 aliphatic heterocycles. The zero-order valence-electron chi connectivity index (χ0n) is 10.8. The number of carbonyl (C=O) groups is 2. The summed E-state index contributed by atoms with van der Waals surface area (Å²) in [4.78, 5) is 23.1. The SMILES string of the molecule is CC(C)OC(=O)C(C#N)C(C#N)C(=O)OC(C)C. The fraction of sp³-hybridized carbons (Fsp3) is 0.667. The van der Waals surface area contributed by atoms with Gasteiger partial charge in [-0.1, -0.05) is 0 Å². The summed E-state index contributed by atoms with van der Waals surface area (Å²) in [5.74, 6) is -4.72. The summed E-state index contributed by atoms with van der Waals surface area (Å²) < 4.78 is 9.64. The van der Waals surface area contributed by atoms with Gasteiger partial charge in [0, 0.05) is 0 Å². The molecule has 0 heterocycles. The number of ether oxygens (including phenoxy) is 2. The van der Waals surface area contributed by atoms with Crippen LogP contribution in [0.5, 0.6) is 0 Å². The normalized spacial score (nSPS) is 13.3. The molecule has 0 spiro atoms. The first kappa shape index (κ1) is 15.9. The number of hydrogen-bond donors (Lipinski definition) is 0. The van der Waals surface area contributed by atoms with Gasteiger partial charge in [0.25, 0.3) is 0 Å². The molecule has 0 saturated heterocycles.